The van der Waals surface area contributed by atoms with Crippen molar-refractivity contribution >= 4 is 11.8 Å². The van der Waals surface area contributed by atoms with Crippen molar-refractivity contribution in [1.29, 1.82) is 0 Å². The van der Waals surface area contributed by atoms with Gasteiger partial charge in [0.1, 0.15) is 0 Å². The van der Waals surface area contributed by atoms with Crippen LogP contribution in [-0.2, 0) is 9.59 Å². The predicted molar refractivity (Wildman–Crippen MR) is 110 cm³/mol. The van der Waals surface area contributed by atoms with Crippen LogP contribution in [0.4, 0.5) is 0 Å². The third-order valence-electron chi connectivity index (χ3n) is 7.03. The zero-order chi connectivity index (χ0) is 20.4. The maximum absolute atomic E-state index is 13.4. The molecule has 2 fully saturated rings. The van der Waals surface area contributed by atoms with E-state index in [4.69, 9.17) is 0 Å². The number of likely N-dealkylation sites (N-methyl/N-ethyl adjacent to an activating group) is 1. The Bertz CT molecular complexity index is 524. The lowest BCUT2D eigenvalue weighted by molar-refractivity contribution is -0.146. The minimum atomic E-state index is -0.395. The molecule has 2 aliphatic rings. The Morgan fingerprint density at radius 2 is 1.59 bits per heavy atom. The maximum atomic E-state index is 13.4. The van der Waals surface area contributed by atoms with Gasteiger partial charge in [0.2, 0.25) is 11.8 Å². The number of rotatable bonds is 5. The van der Waals surface area contributed by atoms with E-state index in [1.165, 1.54) is 25.7 Å². The number of amides is 2. The molecule has 1 saturated heterocycles. The molecule has 1 aliphatic carbocycles. The Kier molecular flexibility index (Phi) is 6.99. The van der Waals surface area contributed by atoms with Gasteiger partial charge in [-0.1, -0.05) is 47.5 Å². The predicted octanol–water partition coefficient (Wildman–Crippen LogP) is 3.43. The van der Waals surface area contributed by atoms with Crippen molar-refractivity contribution in [1.82, 2.24) is 15.1 Å². The highest BCUT2D eigenvalue weighted by Crippen LogP contribution is 2.44. The summed E-state index contributed by atoms with van der Waals surface area (Å²) >= 11 is 0. The van der Waals surface area contributed by atoms with Crippen LogP contribution in [0.5, 0.6) is 0 Å². The first-order valence-electron chi connectivity index (χ1n) is 10.8. The topological polar surface area (TPSA) is 52.7 Å². The third kappa shape index (κ3) is 4.85. The van der Waals surface area contributed by atoms with Crippen molar-refractivity contribution in [2.45, 2.75) is 97.7 Å². The van der Waals surface area contributed by atoms with Crippen molar-refractivity contribution in [2.24, 2.45) is 10.8 Å². The van der Waals surface area contributed by atoms with Crippen molar-refractivity contribution < 1.29 is 9.59 Å². The Morgan fingerprint density at radius 3 is 2.04 bits per heavy atom. The van der Waals surface area contributed by atoms with E-state index in [-0.39, 0.29) is 23.9 Å². The summed E-state index contributed by atoms with van der Waals surface area (Å²) in [5, 5.41) is 3.37. The highest BCUT2D eigenvalue weighted by Gasteiger charge is 2.44. The van der Waals surface area contributed by atoms with Gasteiger partial charge in [-0.3, -0.25) is 9.59 Å². The van der Waals surface area contributed by atoms with Crippen LogP contribution in [0.2, 0.25) is 0 Å². The lowest BCUT2D eigenvalue weighted by Crippen LogP contribution is -2.53. The standard InChI is InChI=1S/C22H41N3O2/c1-8-22(9-2)12-10-16(11-13-22)25(20(27)21(3,4)5)17-14-18(23-15-17)19(26)24(6)7/h16-18,23H,8-15H2,1-7H3/t17-,18-/m0/s1. The highest BCUT2D eigenvalue weighted by molar-refractivity contribution is 5.84. The van der Waals surface area contributed by atoms with Crippen LogP contribution in [0.15, 0.2) is 0 Å². The molecule has 5 nitrogen and oxygen atoms in total. The SMILES string of the molecule is CCC1(CC)CCC(N(C(=O)C(C)(C)C)[C@@H]2CN[C@H](C(=O)N(C)C)C2)CC1. The summed E-state index contributed by atoms with van der Waals surface area (Å²) in [6.07, 6.45) is 7.78. The van der Waals surface area contributed by atoms with E-state index in [2.05, 4.69) is 24.1 Å². The van der Waals surface area contributed by atoms with E-state index in [0.717, 1.165) is 25.8 Å². The molecule has 2 amide bonds. The average Bonchev–Trinajstić information content (AvgIpc) is 3.10. The van der Waals surface area contributed by atoms with Gasteiger partial charge in [0, 0.05) is 38.1 Å². The van der Waals surface area contributed by atoms with Crippen LogP contribution in [-0.4, -0.2) is 60.4 Å². The minimum Gasteiger partial charge on any atom is -0.347 e. The fourth-order valence-electron chi connectivity index (χ4n) is 4.90. The molecule has 1 saturated carbocycles. The molecule has 0 bridgehead atoms. The van der Waals surface area contributed by atoms with Gasteiger partial charge in [-0.2, -0.15) is 0 Å². The van der Waals surface area contributed by atoms with Gasteiger partial charge in [-0.05, 0) is 37.5 Å². The molecule has 1 N–H and O–H groups in total. The second-order valence-electron chi connectivity index (χ2n) is 9.98. The first-order chi connectivity index (χ1) is 12.5. The van der Waals surface area contributed by atoms with E-state index in [0.29, 0.717) is 11.5 Å². The first kappa shape index (κ1) is 22.2. The third-order valence-corrected chi connectivity index (χ3v) is 7.03. The molecular weight excluding hydrogens is 338 g/mol. The van der Waals surface area contributed by atoms with Crippen LogP contribution >= 0.6 is 0 Å². The van der Waals surface area contributed by atoms with Gasteiger partial charge in [0.05, 0.1) is 6.04 Å². The number of carbonyl (C=O) groups excluding carboxylic acids is 2. The largest absolute Gasteiger partial charge is 0.347 e. The molecule has 156 valence electrons. The van der Waals surface area contributed by atoms with E-state index in [1.807, 2.05) is 20.8 Å². The number of hydrogen-bond acceptors (Lipinski definition) is 3. The van der Waals surface area contributed by atoms with E-state index in [1.54, 1.807) is 19.0 Å². The Hall–Kier alpha value is -1.10. The number of nitrogens with one attached hydrogen (secondary N) is 1. The van der Waals surface area contributed by atoms with Crippen LogP contribution < -0.4 is 5.32 Å². The van der Waals surface area contributed by atoms with Gasteiger partial charge in [-0.25, -0.2) is 0 Å². The van der Waals surface area contributed by atoms with E-state index >= 15 is 0 Å². The first-order valence-corrected chi connectivity index (χ1v) is 10.8. The fraction of sp³-hybridized carbons (Fsp3) is 0.909. The Labute approximate surface area is 166 Å². The van der Waals surface area contributed by atoms with Crippen LogP contribution in [0.1, 0.15) is 79.6 Å². The second-order valence-corrected chi connectivity index (χ2v) is 9.98. The van der Waals surface area contributed by atoms with Gasteiger partial charge in [0.15, 0.2) is 0 Å². The lowest BCUT2D eigenvalue weighted by Gasteiger charge is -2.46. The Morgan fingerprint density at radius 1 is 1.04 bits per heavy atom. The molecule has 0 aromatic heterocycles. The van der Waals surface area contributed by atoms with Crippen LogP contribution in [0.25, 0.3) is 0 Å². The molecule has 0 radical (unpaired) electrons. The second kappa shape index (κ2) is 8.50. The molecule has 0 aromatic carbocycles. The normalized spacial score (nSPS) is 26.0. The zero-order valence-electron chi connectivity index (χ0n) is 18.6. The van der Waals surface area contributed by atoms with Crippen LogP contribution in [0.3, 0.4) is 0 Å². The van der Waals surface area contributed by atoms with E-state index < -0.39 is 5.41 Å². The summed E-state index contributed by atoms with van der Waals surface area (Å²) in [5.74, 6) is 0.345. The smallest absolute Gasteiger partial charge is 0.239 e. The monoisotopic (exact) mass is 379 g/mol. The molecule has 1 aliphatic heterocycles. The van der Waals surface area contributed by atoms with Gasteiger partial charge in [-0.15, -0.1) is 0 Å². The molecule has 27 heavy (non-hydrogen) atoms. The lowest BCUT2D eigenvalue weighted by atomic mass is 9.68. The molecular formula is C22H41N3O2. The summed E-state index contributed by atoms with van der Waals surface area (Å²) in [6, 6.07) is 0.253. The summed E-state index contributed by atoms with van der Waals surface area (Å²) in [6.45, 7) is 11.4. The van der Waals surface area contributed by atoms with E-state index in [9.17, 15) is 9.59 Å². The van der Waals surface area contributed by atoms with Crippen molar-refractivity contribution in [3.8, 4) is 0 Å². The zero-order valence-corrected chi connectivity index (χ0v) is 18.6. The summed E-state index contributed by atoms with van der Waals surface area (Å²) in [5.41, 5.74) is 0.0675. The van der Waals surface area contributed by atoms with Gasteiger partial charge >= 0.3 is 0 Å². The number of hydrogen-bond donors (Lipinski definition) is 1. The molecule has 2 atom stereocenters. The fourth-order valence-corrected chi connectivity index (χ4v) is 4.90. The summed E-state index contributed by atoms with van der Waals surface area (Å²) in [4.78, 5) is 29.6. The Balaban J connectivity index is 2.17. The van der Waals surface area contributed by atoms with Crippen molar-refractivity contribution in [3.63, 3.8) is 0 Å². The molecule has 0 spiro atoms. The number of carbonyl (C=O) groups is 2. The molecule has 5 heteroatoms. The van der Waals surface area contributed by atoms with Crippen LogP contribution in [0, 0.1) is 10.8 Å². The van der Waals surface area contributed by atoms with Crippen molar-refractivity contribution in [3.05, 3.63) is 0 Å². The summed E-state index contributed by atoms with van der Waals surface area (Å²) < 4.78 is 0. The average molecular weight is 380 g/mol. The molecule has 2 rings (SSSR count). The maximum Gasteiger partial charge on any atom is 0.239 e. The van der Waals surface area contributed by atoms with Gasteiger partial charge in [0.25, 0.3) is 0 Å². The quantitative estimate of drug-likeness (QED) is 0.796. The molecule has 0 aromatic rings. The number of nitrogens with zero attached hydrogens (tertiary/aromatic N) is 2. The molecule has 1 heterocycles. The molecule has 0 unspecified atom stereocenters. The summed E-state index contributed by atoms with van der Waals surface area (Å²) in [7, 11) is 3.59. The minimum absolute atomic E-state index is 0.111. The van der Waals surface area contributed by atoms with Gasteiger partial charge < -0.3 is 15.1 Å². The van der Waals surface area contributed by atoms with Crippen molar-refractivity contribution in [2.75, 3.05) is 20.6 Å². The highest BCUT2D eigenvalue weighted by atomic mass is 16.2.